The predicted octanol–water partition coefficient (Wildman–Crippen LogP) is 4.30. The molecule has 8 heteroatoms. The van der Waals surface area contributed by atoms with E-state index in [1.165, 1.54) is 9.80 Å². The molecule has 7 nitrogen and oxygen atoms in total. The Hall–Kier alpha value is -3.84. The number of benzene rings is 3. The fourth-order valence-electron chi connectivity index (χ4n) is 4.33. The summed E-state index contributed by atoms with van der Waals surface area (Å²) in [6.07, 6.45) is 0.494. The zero-order chi connectivity index (χ0) is 25.7. The van der Waals surface area contributed by atoms with Crippen molar-refractivity contribution in [2.24, 2.45) is 0 Å². The Balaban J connectivity index is 1.59. The number of carbonyl (C=O) groups excluding carboxylic acids is 3. The smallest absolute Gasteiger partial charge is 0.257 e. The Labute approximate surface area is 215 Å². The molecule has 0 saturated carbocycles. The van der Waals surface area contributed by atoms with Crippen molar-refractivity contribution in [1.82, 2.24) is 4.90 Å². The van der Waals surface area contributed by atoms with Gasteiger partial charge in [0.15, 0.2) is 11.5 Å². The topological polar surface area (TPSA) is 76.2 Å². The van der Waals surface area contributed by atoms with Crippen molar-refractivity contribution < 1.29 is 23.9 Å². The minimum atomic E-state index is -0.877. The molecular formula is C28H27ClN2O5. The zero-order valence-corrected chi connectivity index (χ0v) is 20.9. The Bertz CT molecular complexity index is 1250. The fraction of sp³-hybridized carbons (Fsp3) is 0.250. The zero-order valence-electron chi connectivity index (χ0n) is 20.1. The summed E-state index contributed by atoms with van der Waals surface area (Å²) in [7, 11) is 3.13. The van der Waals surface area contributed by atoms with Crippen LogP contribution >= 0.6 is 11.6 Å². The Morgan fingerprint density at radius 2 is 1.61 bits per heavy atom. The molecule has 0 aromatic heterocycles. The molecule has 0 spiro atoms. The summed E-state index contributed by atoms with van der Waals surface area (Å²) in [4.78, 5) is 42.5. The molecular weight excluding hydrogens is 480 g/mol. The van der Waals surface area contributed by atoms with Crippen molar-refractivity contribution in [2.45, 2.75) is 25.3 Å². The molecule has 1 atom stereocenters. The molecule has 3 aromatic rings. The second kappa shape index (κ2) is 11.3. The Morgan fingerprint density at radius 3 is 2.28 bits per heavy atom. The summed E-state index contributed by atoms with van der Waals surface area (Å²) in [5.74, 6) is 0.219. The lowest BCUT2D eigenvalue weighted by atomic mass is 10.1. The van der Waals surface area contributed by atoms with E-state index in [0.717, 1.165) is 11.1 Å². The van der Waals surface area contributed by atoms with Gasteiger partial charge >= 0.3 is 0 Å². The minimum absolute atomic E-state index is 0.0635. The minimum Gasteiger partial charge on any atom is -0.493 e. The molecule has 1 saturated heterocycles. The fourth-order valence-corrected chi connectivity index (χ4v) is 4.45. The predicted molar refractivity (Wildman–Crippen MR) is 137 cm³/mol. The van der Waals surface area contributed by atoms with Gasteiger partial charge in [0.2, 0.25) is 11.8 Å². The van der Waals surface area contributed by atoms with Gasteiger partial charge in [0, 0.05) is 11.6 Å². The van der Waals surface area contributed by atoms with Crippen LogP contribution < -0.4 is 14.4 Å². The van der Waals surface area contributed by atoms with Crippen molar-refractivity contribution in [3.63, 3.8) is 0 Å². The van der Waals surface area contributed by atoms with Gasteiger partial charge in [-0.2, -0.15) is 0 Å². The number of imide groups is 1. The number of ether oxygens (including phenoxy) is 2. The molecule has 0 N–H and O–H groups in total. The lowest BCUT2D eigenvalue weighted by Crippen LogP contribution is -2.47. The van der Waals surface area contributed by atoms with E-state index in [0.29, 0.717) is 28.6 Å². The molecule has 1 aliphatic heterocycles. The van der Waals surface area contributed by atoms with Crippen molar-refractivity contribution in [2.75, 3.05) is 25.7 Å². The van der Waals surface area contributed by atoms with Crippen molar-refractivity contribution in [3.05, 3.63) is 88.9 Å². The number of carbonyl (C=O) groups is 3. The van der Waals surface area contributed by atoms with E-state index in [2.05, 4.69) is 0 Å². The number of para-hydroxylation sites is 1. The molecule has 1 aliphatic rings. The number of rotatable bonds is 9. The normalized spacial score (nSPS) is 15.2. The van der Waals surface area contributed by atoms with Crippen LogP contribution in [0.2, 0.25) is 5.02 Å². The monoisotopic (exact) mass is 506 g/mol. The second-order valence-electron chi connectivity index (χ2n) is 8.45. The lowest BCUT2D eigenvalue weighted by molar-refractivity contribution is -0.137. The van der Waals surface area contributed by atoms with Gasteiger partial charge in [-0.05, 0) is 53.9 Å². The molecule has 186 valence electrons. The van der Waals surface area contributed by atoms with Crippen LogP contribution in [0.4, 0.5) is 5.69 Å². The third-order valence-electron chi connectivity index (χ3n) is 6.19. The average molecular weight is 507 g/mol. The van der Waals surface area contributed by atoms with Gasteiger partial charge in [0.25, 0.3) is 5.91 Å². The van der Waals surface area contributed by atoms with Crippen LogP contribution in [0.1, 0.15) is 17.5 Å². The third-order valence-corrected chi connectivity index (χ3v) is 6.44. The third kappa shape index (κ3) is 5.52. The summed E-state index contributed by atoms with van der Waals surface area (Å²) < 4.78 is 10.7. The van der Waals surface area contributed by atoms with Crippen molar-refractivity contribution >= 4 is 35.0 Å². The number of nitrogens with zero attached hydrogens (tertiary/aromatic N) is 2. The van der Waals surface area contributed by atoms with E-state index in [1.807, 2.05) is 18.2 Å². The van der Waals surface area contributed by atoms with E-state index in [4.69, 9.17) is 21.1 Å². The van der Waals surface area contributed by atoms with Crippen LogP contribution in [0, 0.1) is 0 Å². The first-order valence-electron chi connectivity index (χ1n) is 11.6. The maximum atomic E-state index is 13.5. The molecule has 3 amide bonds. The molecule has 3 aromatic carbocycles. The maximum absolute atomic E-state index is 13.5. The summed E-state index contributed by atoms with van der Waals surface area (Å²) >= 11 is 5.99. The Kier molecular flexibility index (Phi) is 7.90. The van der Waals surface area contributed by atoms with Crippen LogP contribution in [0.3, 0.4) is 0 Å². The number of anilines is 1. The number of hydrogen-bond acceptors (Lipinski definition) is 5. The van der Waals surface area contributed by atoms with Gasteiger partial charge in [-0.25, -0.2) is 4.90 Å². The molecule has 0 radical (unpaired) electrons. The highest BCUT2D eigenvalue weighted by Gasteiger charge is 2.44. The van der Waals surface area contributed by atoms with Crippen LogP contribution in [0.15, 0.2) is 72.8 Å². The average Bonchev–Trinajstić information content (AvgIpc) is 3.19. The van der Waals surface area contributed by atoms with Gasteiger partial charge in [-0.3, -0.25) is 14.4 Å². The van der Waals surface area contributed by atoms with Crippen molar-refractivity contribution in [3.8, 4) is 11.5 Å². The van der Waals surface area contributed by atoms with E-state index in [1.54, 1.807) is 68.8 Å². The first kappa shape index (κ1) is 25.3. The molecule has 1 heterocycles. The summed E-state index contributed by atoms with van der Waals surface area (Å²) in [5.41, 5.74) is 2.19. The standard InChI is InChI=1S/C28H27ClN2O5/c1-35-24-13-10-20(16-25(24)36-2)14-15-30(26(32)17-19-8-11-21(29)12-9-19)23-18-27(33)31(28(23)34)22-6-4-3-5-7-22/h3-13,16,23H,14-15,17-18H2,1-2H3. The van der Waals surface area contributed by atoms with Gasteiger partial charge in [0.1, 0.15) is 6.04 Å². The van der Waals surface area contributed by atoms with Crippen LogP contribution in [-0.2, 0) is 27.2 Å². The maximum Gasteiger partial charge on any atom is 0.257 e. The van der Waals surface area contributed by atoms with E-state index in [-0.39, 0.29) is 31.2 Å². The van der Waals surface area contributed by atoms with Gasteiger partial charge in [-0.1, -0.05) is 48.0 Å². The molecule has 1 fully saturated rings. The first-order chi connectivity index (χ1) is 17.4. The Morgan fingerprint density at radius 1 is 0.944 bits per heavy atom. The quantitative estimate of drug-likeness (QED) is 0.404. The molecule has 36 heavy (non-hydrogen) atoms. The lowest BCUT2D eigenvalue weighted by Gasteiger charge is -2.28. The van der Waals surface area contributed by atoms with E-state index < -0.39 is 11.9 Å². The van der Waals surface area contributed by atoms with E-state index >= 15 is 0 Å². The van der Waals surface area contributed by atoms with Gasteiger partial charge in [0.05, 0.1) is 32.7 Å². The number of methoxy groups -OCH3 is 2. The van der Waals surface area contributed by atoms with Gasteiger partial charge < -0.3 is 14.4 Å². The summed E-state index contributed by atoms with van der Waals surface area (Å²) in [5, 5.41) is 0.576. The highest BCUT2D eigenvalue weighted by Crippen LogP contribution is 2.29. The molecule has 1 unspecified atom stereocenters. The largest absolute Gasteiger partial charge is 0.493 e. The molecule has 0 aliphatic carbocycles. The first-order valence-corrected chi connectivity index (χ1v) is 12.0. The SMILES string of the molecule is COc1ccc(CCN(C(=O)Cc2ccc(Cl)cc2)C2CC(=O)N(c3ccccc3)C2=O)cc1OC. The van der Waals surface area contributed by atoms with Crippen LogP contribution in [0.5, 0.6) is 11.5 Å². The number of amides is 3. The highest BCUT2D eigenvalue weighted by atomic mass is 35.5. The van der Waals surface area contributed by atoms with E-state index in [9.17, 15) is 14.4 Å². The summed E-state index contributed by atoms with van der Waals surface area (Å²) in [6.45, 7) is 0.258. The number of halogens is 1. The molecule has 4 rings (SSSR count). The summed E-state index contributed by atoms with van der Waals surface area (Å²) in [6, 6.07) is 20.4. The van der Waals surface area contributed by atoms with Crippen molar-refractivity contribution in [1.29, 1.82) is 0 Å². The second-order valence-corrected chi connectivity index (χ2v) is 8.89. The highest BCUT2D eigenvalue weighted by molar-refractivity contribution is 6.30. The molecule has 0 bridgehead atoms. The van der Waals surface area contributed by atoms with Crippen LogP contribution in [0.25, 0.3) is 0 Å². The van der Waals surface area contributed by atoms with Gasteiger partial charge in [-0.15, -0.1) is 0 Å². The number of hydrogen-bond donors (Lipinski definition) is 0. The van der Waals surface area contributed by atoms with Crippen LogP contribution in [-0.4, -0.2) is 49.4 Å².